The van der Waals surface area contributed by atoms with Gasteiger partial charge in [0, 0.05) is 46.3 Å². The number of para-hydroxylation sites is 2. The molecule has 10 aromatic rings. The van der Waals surface area contributed by atoms with Gasteiger partial charge < -0.3 is 41.0 Å². The lowest BCUT2D eigenvalue weighted by molar-refractivity contribution is 0.460. The Morgan fingerprint density at radius 1 is 0.319 bits per heavy atom. The van der Waals surface area contributed by atoms with Gasteiger partial charge in [-0.3, -0.25) is 0 Å². The summed E-state index contributed by atoms with van der Waals surface area (Å²) in [4.78, 5) is 17.3. The molecule has 10 rings (SSSR count). The largest absolute Gasteiger partial charge is 0.744 e. The van der Waals surface area contributed by atoms with E-state index in [9.17, 15) is 25.9 Å². The Hall–Kier alpha value is -9.20. The molecule has 0 saturated heterocycles. The molecular formula is C54H40N10O6S2-2. The number of rotatable bonds is 16. The molecule has 0 fully saturated rings. The first-order valence-corrected chi connectivity index (χ1v) is 25.0. The monoisotopic (exact) mass is 988 g/mol. The van der Waals surface area contributed by atoms with Gasteiger partial charge in [-0.2, -0.15) is 19.9 Å². The fraction of sp³-hybridized carbons (Fsp3) is 0. The van der Waals surface area contributed by atoms with Crippen molar-refractivity contribution in [3.63, 3.8) is 0 Å². The normalized spacial score (nSPS) is 11.6. The van der Waals surface area contributed by atoms with Crippen LogP contribution in [0, 0.1) is 0 Å². The van der Waals surface area contributed by atoms with Crippen molar-refractivity contribution >= 4 is 123 Å². The molecule has 0 aliphatic heterocycles. The highest BCUT2D eigenvalue weighted by atomic mass is 32.2. The van der Waals surface area contributed by atoms with Crippen LogP contribution in [0.4, 0.5) is 69.3 Å². The van der Waals surface area contributed by atoms with Crippen molar-refractivity contribution in [1.82, 2.24) is 19.9 Å². The van der Waals surface area contributed by atoms with Gasteiger partial charge in [-0.25, -0.2) is 16.8 Å². The van der Waals surface area contributed by atoms with Crippen LogP contribution in [-0.4, -0.2) is 45.9 Å². The molecular weight excluding hydrogens is 949 g/mol. The molecule has 0 bridgehead atoms. The number of hydrogen-bond donors (Lipinski definition) is 6. The number of hydrogen-bond acceptors (Lipinski definition) is 16. The van der Waals surface area contributed by atoms with Gasteiger partial charge in [-0.1, -0.05) is 121 Å². The Morgan fingerprint density at radius 3 is 1.01 bits per heavy atom. The minimum atomic E-state index is -5.12. The molecule has 0 aliphatic carbocycles. The summed E-state index contributed by atoms with van der Waals surface area (Å²) in [6.45, 7) is 0. The highest BCUT2D eigenvalue weighted by Gasteiger charge is 2.15. The maximum Gasteiger partial charge on any atom is 0.231 e. The van der Waals surface area contributed by atoms with Gasteiger partial charge in [0.2, 0.25) is 11.9 Å². The highest BCUT2D eigenvalue weighted by Crippen LogP contribution is 2.32. The number of aromatic nitrogens is 4. The lowest BCUT2D eigenvalue weighted by atomic mass is 10.1. The van der Waals surface area contributed by atoms with Crippen LogP contribution in [0.25, 0.3) is 33.7 Å². The summed E-state index contributed by atoms with van der Waals surface area (Å²) in [7, 11) is -10.2. The molecule has 72 heavy (non-hydrogen) atoms. The smallest absolute Gasteiger partial charge is 0.231 e. The van der Waals surface area contributed by atoms with E-state index in [2.05, 4.69) is 51.8 Å². The lowest BCUT2D eigenvalue weighted by Crippen LogP contribution is -2.06. The van der Waals surface area contributed by atoms with Gasteiger partial charge in [-0.15, -0.1) is 0 Å². The first-order chi connectivity index (χ1) is 34.8. The Kier molecular flexibility index (Phi) is 12.9. The van der Waals surface area contributed by atoms with Gasteiger partial charge in [0.1, 0.15) is 43.5 Å². The molecule has 0 radical (unpaired) electrons. The van der Waals surface area contributed by atoms with Crippen LogP contribution >= 0.6 is 0 Å². The van der Waals surface area contributed by atoms with E-state index in [4.69, 9.17) is 0 Å². The molecule has 0 atom stereocenters. The van der Waals surface area contributed by atoms with E-state index in [1.165, 1.54) is 36.4 Å². The molecule has 0 aliphatic rings. The molecule has 16 nitrogen and oxygen atoms in total. The zero-order chi connectivity index (χ0) is 49.7. The number of nitrogens with one attached hydrogen (secondary N) is 6. The van der Waals surface area contributed by atoms with Gasteiger partial charge in [0.15, 0.2) is 0 Å². The third kappa shape index (κ3) is 11.5. The quantitative estimate of drug-likeness (QED) is 0.0390. The maximum atomic E-state index is 12.8. The molecule has 356 valence electrons. The molecule has 2 aromatic heterocycles. The van der Waals surface area contributed by atoms with Crippen LogP contribution in [0.3, 0.4) is 0 Å². The topological polar surface area (TPSA) is 238 Å². The first-order valence-electron chi connectivity index (χ1n) is 22.2. The van der Waals surface area contributed by atoms with Gasteiger partial charge in [0.25, 0.3) is 0 Å². The lowest BCUT2D eigenvalue weighted by Gasteiger charge is -2.16. The summed E-state index contributed by atoms with van der Waals surface area (Å²) in [6, 6.07) is 57.5. The van der Waals surface area contributed by atoms with E-state index in [-0.39, 0.29) is 46.0 Å². The van der Waals surface area contributed by atoms with E-state index >= 15 is 0 Å². The number of fused-ring (bicyclic) bond motifs is 2. The predicted octanol–water partition coefficient (Wildman–Crippen LogP) is 12.0. The molecule has 0 unspecified atom stereocenters. The zero-order valence-electron chi connectivity index (χ0n) is 37.7. The van der Waals surface area contributed by atoms with E-state index in [0.29, 0.717) is 11.6 Å². The Balaban J connectivity index is 0.923. The first kappa shape index (κ1) is 46.5. The fourth-order valence-corrected chi connectivity index (χ4v) is 9.19. The molecule has 6 N–H and O–H groups in total. The van der Waals surface area contributed by atoms with E-state index in [0.717, 1.165) is 56.4 Å². The second kappa shape index (κ2) is 20.0. The van der Waals surface area contributed by atoms with E-state index < -0.39 is 30.0 Å². The summed E-state index contributed by atoms with van der Waals surface area (Å²) in [6.07, 6.45) is 2.50. The van der Waals surface area contributed by atoms with E-state index in [1.807, 2.05) is 146 Å². The van der Waals surface area contributed by atoms with Crippen LogP contribution in [0.2, 0.25) is 0 Å². The number of benzene rings is 8. The SMILES string of the molecule is O=S(=O)([O-])c1cc(Nc2cc(Nc3ccccc3)nc(Nc3ccc4ccccc4c3)n2)ccc1/C=C/c1ccc(Nc2cc(Nc3ccccc3)nc(Nc3ccc4ccccc4c3)n2)cc1S(=O)(=O)[O-]. The molecule has 18 heteroatoms. The van der Waals surface area contributed by atoms with E-state index in [1.54, 1.807) is 12.1 Å². The van der Waals surface area contributed by atoms with Crippen LogP contribution < -0.4 is 31.9 Å². The minimum absolute atomic E-state index is 0.0642. The zero-order valence-corrected chi connectivity index (χ0v) is 39.3. The van der Waals surface area contributed by atoms with Crippen molar-refractivity contribution in [2.24, 2.45) is 0 Å². The molecule has 8 aromatic carbocycles. The Morgan fingerprint density at radius 2 is 0.639 bits per heavy atom. The molecule has 0 spiro atoms. The third-order valence-electron chi connectivity index (χ3n) is 11.1. The maximum absolute atomic E-state index is 12.8. The Labute approximate surface area is 414 Å². The minimum Gasteiger partial charge on any atom is -0.744 e. The van der Waals surface area contributed by atoms with Gasteiger partial charge in [0.05, 0.1) is 9.79 Å². The summed E-state index contributed by atoms with van der Waals surface area (Å²) < 4.78 is 76.7. The summed E-state index contributed by atoms with van der Waals surface area (Å²) in [5.74, 6) is 1.76. The van der Waals surface area contributed by atoms with Crippen molar-refractivity contribution in [3.05, 3.63) is 205 Å². The average molecular weight is 989 g/mol. The molecule has 0 amide bonds. The van der Waals surface area contributed by atoms with Crippen molar-refractivity contribution in [1.29, 1.82) is 0 Å². The van der Waals surface area contributed by atoms with Gasteiger partial charge in [-0.05, 0) is 105 Å². The van der Waals surface area contributed by atoms with Crippen molar-refractivity contribution in [2.45, 2.75) is 9.79 Å². The molecule has 0 saturated carbocycles. The summed E-state index contributed by atoms with van der Waals surface area (Å²) in [5, 5.41) is 23.3. The average Bonchev–Trinajstić information content (AvgIpc) is 3.36. The number of nitrogens with zero attached hydrogens (tertiary/aromatic N) is 4. The second-order valence-corrected chi connectivity index (χ2v) is 19.0. The number of anilines is 12. The Bertz CT molecular complexity index is 3650. The highest BCUT2D eigenvalue weighted by molar-refractivity contribution is 7.86. The fourth-order valence-electron chi connectivity index (χ4n) is 7.80. The van der Waals surface area contributed by atoms with Crippen LogP contribution in [0.5, 0.6) is 0 Å². The second-order valence-electron chi connectivity index (χ2n) is 16.3. The van der Waals surface area contributed by atoms with Crippen LogP contribution in [0.15, 0.2) is 204 Å². The summed E-state index contributed by atoms with van der Waals surface area (Å²) >= 11 is 0. The third-order valence-corrected chi connectivity index (χ3v) is 12.9. The summed E-state index contributed by atoms with van der Waals surface area (Å²) in [5.41, 5.74) is 3.22. The predicted molar refractivity (Wildman–Crippen MR) is 282 cm³/mol. The van der Waals surface area contributed by atoms with Crippen molar-refractivity contribution < 1.29 is 25.9 Å². The van der Waals surface area contributed by atoms with Crippen LogP contribution in [0.1, 0.15) is 11.1 Å². The van der Waals surface area contributed by atoms with Crippen molar-refractivity contribution in [3.8, 4) is 0 Å². The van der Waals surface area contributed by atoms with Crippen LogP contribution in [-0.2, 0) is 20.2 Å². The standard InChI is InChI=1S/C54H42N10O6S2/c65-71(66,67)47-31-45(57-51-33-49(55-41-15-3-1-4-16-41)61-53(63-51)59-43-25-21-35-11-7-9-13-39(35)29-43)27-23-37(47)19-20-38-24-28-46(32-48(38)72(68,69)70)58-52-34-50(56-42-17-5-2-6-18-42)62-54(64-52)60-44-26-22-36-12-8-10-14-40(36)30-44/h1-34H,(H,65,66,67)(H,68,69,70)(H3,55,57,59,61,63)(H3,56,58,60,62,64)/p-2/b20-19+. The van der Waals surface area contributed by atoms with Crippen molar-refractivity contribution in [2.75, 3.05) is 31.9 Å². The van der Waals surface area contributed by atoms with Gasteiger partial charge >= 0.3 is 0 Å². The molecule has 2 heterocycles.